The van der Waals surface area contributed by atoms with Gasteiger partial charge in [0.05, 0.1) is 0 Å². The molecule has 0 aromatic heterocycles. The van der Waals surface area contributed by atoms with Gasteiger partial charge in [-0.15, -0.1) is 0 Å². The molecule has 2 aromatic carbocycles. The first kappa shape index (κ1) is 21.3. The predicted octanol–water partition coefficient (Wildman–Crippen LogP) is 4.30. The Hall–Kier alpha value is -1.00. The summed E-state index contributed by atoms with van der Waals surface area (Å²) in [6.45, 7) is 0. The van der Waals surface area contributed by atoms with Crippen LogP contribution in [0.1, 0.15) is 0 Å². The predicted molar refractivity (Wildman–Crippen MR) is 114 cm³/mol. The van der Waals surface area contributed by atoms with Crippen molar-refractivity contribution in [2.24, 2.45) is 0 Å². The monoisotopic (exact) mass is 396 g/mol. The molecular weight excluding hydrogens is 366 g/mol. The molecule has 26 heavy (non-hydrogen) atoms. The van der Waals surface area contributed by atoms with E-state index in [4.69, 9.17) is 9.05 Å². The lowest BCUT2D eigenvalue weighted by atomic mass is 10.1. The van der Waals surface area contributed by atoms with Crippen molar-refractivity contribution in [3.8, 4) is 11.5 Å². The number of rotatable bonds is 8. The van der Waals surface area contributed by atoms with Gasteiger partial charge in [0.2, 0.25) is 16.9 Å². The van der Waals surface area contributed by atoms with E-state index in [1.54, 1.807) is 0 Å². The summed E-state index contributed by atoms with van der Waals surface area (Å²) in [7, 11) is 14.6. The van der Waals surface area contributed by atoms with Crippen molar-refractivity contribution in [3.63, 3.8) is 0 Å². The van der Waals surface area contributed by atoms with E-state index in [-0.39, 0.29) is 0 Å². The average Bonchev–Trinajstić information content (AvgIpc) is 2.56. The smallest absolute Gasteiger partial charge is 0.247 e. The summed E-state index contributed by atoms with van der Waals surface area (Å²) in [6.07, 6.45) is 0. The summed E-state index contributed by atoms with van der Waals surface area (Å²) < 4.78 is 21.1. The number of benzene rings is 2. The maximum atomic E-state index is 6.35. The van der Waals surface area contributed by atoms with Crippen LogP contribution in [0.4, 0.5) is 0 Å². The minimum atomic E-state index is -0.862. The molecular formula is C18H30N4O2P2. The van der Waals surface area contributed by atoms with Gasteiger partial charge in [0, 0.05) is 10.8 Å². The Balaban J connectivity index is 2.42. The molecule has 0 amide bonds. The van der Waals surface area contributed by atoms with Gasteiger partial charge >= 0.3 is 0 Å². The molecule has 6 nitrogen and oxygen atoms in total. The summed E-state index contributed by atoms with van der Waals surface area (Å²) in [5.41, 5.74) is 0. The summed E-state index contributed by atoms with van der Waals surface area (Å²) in [6, 6.07) is 12.3. The molecule has 0 aliphatic rings. The van der Waals surface area contributed by atoms with Crippen molar-refractivity contribution >= 4 is 27.7 Å². The molecule has 0 atom stereocenters. The van der Waals surface area contributed by atoms with Crippen LogP contribution in [0.15, 0.2) is 36.4 Å². The number of fused-ring (bicyclic) bond motifs is 1. The van der Waals surface area contributed by atoms with Gasteiger partial charge in [-0.2, -0.15) is 0 Å². The van der Waals surface area contributed by atoms with E-state index in [9.17, 15) is 0 Å². The van der Waals surface area contributed by atoms with E-state index >= 15 is 0 Å². The summed E-state index contributed by atoms with van der Waals surface area (Å²) in [4.78, 5) is 0. The van der Waals surface area contributed by atoms with Gasteiger partial charge in [0.25, 0.3) is 0 Å². The Labute approximate surface area is 160 Å². The molecule has 0 N–H and O–H groups in total. The van der Waals surface area contributed by atoms with E-state index in [2.05, 4.69) is 30.8 Å². The minimum Gasteiger partial charge on any atom is -0.444 e. The molecule has 0 saturated carbocycles. The normalized spacial score (nSPS) is 12.4. The van der Waals surface area contributed by atoms with Gasteiger partial charge < -0.3 is 9.05 Å². The zero-order valence-electron chi connectivity index (χ0n) is 17.0. The SMILES string of the molecule is CN(C)P(Oc1cccc2c(OP(N(C)C)N(C)C)cccc12)N(C)C. The fourth-order valence-corrected chi connectivity index (χ4v) is 5.38. The standard InChI is InChI=1S/C18H30N4O2P2/c1-19(2)25(20(3)4)23-17-13-9-12-16-15(17)11-10-14-18(16)24-26(21(5)6)22(7)8/h9-14H,1-8H3. The van der Waals surface area contributed by atoms with Crippen molar-refractivity contribution in [1.82, 2.24) is 18.7 Å². The number of nitrogens with zero attached hydrogens (tertiary/aromatic N) is 4. The van der Waals surface area contributed by atoms with Gasteiger partial charge in [-0.3, -0.25) is 0 Å². The van der Waals surface area contributed by atoms with Gasteiger partial charge in [-0.05, 0) is 68.5 Å². The molecule has 144 valence electrons. The van der Waals surface area contributed by atoms with Crippen LogP contribution in [-0.4, -0.2) is 75.1 Å². The Morgan fingerprint density at radius 3 is 1.12 bits per heavy atom. The highest BCUT2D eigenvalue weighted by atomic mass is 31.2. The van der Waals surface area contributed by atoms with Crippen molar-refractivity contribution in [3.05, 3.63) is 36.4 Å². The van der Waals surface area contributed by atoms with Crippen LogP contribution in [0.2, 0.25) is 0 Å². The van der Waals surface area contributed by atoms with E-state index < -0.39 is 16.9 Å². The highest BCUT2D eigenvalue weighted by molar-refractivity contribution is 7.48. The van der Waals surface area contributed by atoms with E-state index in [0.29, 0.717) is 0 Å². The summed E-state index contributed by atoms with van der Waals surface area (Å²) in [5.74, 6) is 1.75. The first-order valence-electron chi connectivity index (χ1n) is 8.39. The third-order valence-electron chi connectivity index (χ3n) is 3.57. The van der Waals surface area contributed by atoms with Crippen LogP contribution < -0.4 is 9.05 Å². The van der Waals surface area contributed by atoms with Crippen LogP contribution in [0.3, 0.4) is 0 Å². The fourth-order valence-electron chi connectivity index (χ4n) is 2.63. The number of hydrogen-bond acceptors (Lipinski definition) is 6. The fraction of sp³-hybridized carbons (Fsp3) is 0.444. The largest absolute Gasteiger partial charge is 0.444 e. The first-order valence-corrected chi connectivity index (χ1v) is 10.7. The Morgan fingerprint density at radius 2 is 0.846 bits per heavy atom. The lowest BCUT2D eigenvalue weighted by Gasteiger charge is -2.30. The molecule has 0 heterocycles. The van der Waals surface area contributed by atoms with Gasteiger partial charge in [-0.25, -0.2) is 18.7 Å². The van der Waals surface area contributed by atoms with Gasteiger partial charge in [0.1, 0.15) is 11.5 Å². The lowest BCUT2D eigenvalue weighted by molar-refractivity contribution is 0.453. The highest BCUT2D eigenvalue weighted by Crippen LogP contribution is 2.47. The van der Waals surface area contributed by atoms with Crippen molar-refractivity contribution in [2.45, 2.75) is 0 Å². The van der Waals surface area contributed by atoms with Crippen LogP contribution in [0.25, 0.3) is 10.8 Å². The second-order valence-corrected chi connectivity index (χ2v) is 11.3. The molecule has 0 aliphatic carbocycles. The third-order valence-corrected chi connectivity index (χ3v) is 7.03. The second kappa shape index (κ2) is 9.27. The maximum Gasteiger partial charge on any atom is 0.247 e. The molecule has 0 saturated heterocycles. The van der Waals surface area contributed by atoms with Crippen molar-refractivity contribution in [2.75, 3.05) is 56.4 Å². The van der Waals surface area contributed by atoms with Crippen molar-refractivity contribution in [1.29, 1.82) is 0 Å². The van der Waals surface area contributed by atoms with Gasteiger partial charge in [-0.1, -0.05) is 24.3 Å². The molecule has 0 fully saturated rings. The van der Waals surface area contributed by atoms with Crippen LogP contribution in [0.5, 0.6) is 11.5 Å². The average molecular weight is 396 g/mol. The molecule has 2 rings (SSSR count). The molecule has 0 unspecified atom stereocenters. The molecule has 2 aromatic rings. The third kappa shape index (κ3) is 5.04. The molecule has 0 aliphatic heterocycles. The molecule has 0 bridgehead atoms. The maximum absolute atomic E-state index is 6.35. The second-order valence-electron chi connectivity index (χ2n) is 6.68. The van der Waals surface area contributed by atoms with Crippen molar-refractivity contribution < 1.29 is 9.05 Å². The topological polar surface area (TPSA) is 31.4 Å². The van der Waals surface area contributed by atoms with E-state index in [1.807, 2.05) is 80.6 Å². The highest BCUT2D eigenvalue weighted by Gasteiger charge is 2.21. The first-order chi connectivity index (χ1) is 12.2. The number of hydrogen-bond donors (Lipinski definition) is 0. The molecule has 0 spiro atoms. The quantitative estimate of drug-likeness (QED) is 0.619. The van der Waals surface area contributed by atoms with E-state index in [1.165, 1.54) is 0 Å². The van der Waals surface area contributed by atoms with Crippen LogP contribution >= 0.6 is 16.9 Å². The van der Waals surface area contributed by atoms with E-state index in [0.717, 1.165) is 22.3 Å². The Morgan fingerprint density at radius 1 is 0.538 bits per heavy atom. The van der Waals surface area contributed by atoms with Crippen LogP contribution in [-0.2, 0) is 0 Å². The Bertz CT molecular complexity index is 648. The lowest BCUT2D eigenvalue weighted by Crippen LogP contribution is -2.20. The van der Waals surface area contributed by atoms with Crippen LogP contribution in [0, 0.1) is 0 Å². The zero-order valence-corrected chi connectivity index (χ0v) is 18.8. The minimum absolute atomic E-state index is 0.862. The van der Waals surface area contributed by atoms with Gasteiger partial charge in [0.15, 0.2) is 0 Å². The zero-order chi connectivity index (χ0) is 19.4. The molecule has 0 radical (unpaired) electrons. The molecule has 8 heteroatoms. The summed E-state index contributed by atoms with van der Waals surface area (Å²) >= 11 is 0. The Kier molecular flexibility index (Phi) is 7.60. The summed E-state index contributed by atoms with van der Waals surface area (Å²) in [5, 5.41) is 2.13.